The molecule has 0 bridgehead atoms. The van der Waals surface area contributed by atoms with Gasteiger partial charge < -0.3 is 9.84 Å². The number of hydrogen-bond acceptors (Lipinski definition) is 2. The van der Waals surface area contributed by atoms with Gasteiger partial charge in [0.1, 0.15) is 11.9 Å². The first-order valence-corrected chi connectivity index (χ1v) is 7.50. The molecule has 110 valence electrons. The standard InChI is InChI=1S/C19H22O2/c1-19(2,3)16-10-5-4-8-14(16)17(20)15-9-6-7-13-11-12-21-18(13)15/h4-10,17,20H,11-12H2,1-3H3. The smallest absolute Gasteiger partial charge is 0.128 e. The van der Waals surface area contributed by atoms with Crippen molar-refractivity contribution in [2.24, 2.45) is 0 Å². The van der Waals surface area contributed by atoms with Gasteiger partial charge in [0.25, 0.3) is 0 Å². The minimum Gasteiger partial charge on any atom is -0.493 e. The molecule has 1 aliphatic rings. The van der Waals surface area contributed by atoms with Crippen molar-refractivity contribution in [1.29, 1.82) is 0 Å². The highest BCUT2D eigenvalue weighted by Crippen LogP contribution is 2.39. The van der Waals surface area contributed by atoms with E-state index in [1.165, 1.54) is 11.1 Å². The molecule has 0 aromatic heterocycles. The summed E-state index contributed by atoms with van der Waals surface area (Å²) in [5, 5.41) is 10.9. The van der Waals surface area contributed by atoms with Gasteiger partial charge in [0.2, 0.25) is 0 Å². The second kappa shape index (κ2) is 5.19. The zero-order chi connectivity index (χ0) is 15.0. The highest BCUT2D eigenvalue weighted by Gasteiger charge is 2.26. The lowest BCUT2D eigenvalue weighted by atomic mass is 9.81. The van der Waals surface area contributed by atoms with Gasteiger partial charge in [-0.2, -0.15) is 0 Å². The maximum Gasteiger partial charge on any atom is 0.128 e. The Labute approximate surface area is 126 Å². The average Bonchev–Trinajstić information content (AvgIpc) is 2.94. The Bertz CT molecular complexity index is 653. The molecule has 0 amide bonds. The molecule has 2 aromatic carbocycles. The molecule has 1 unspecified atom stereocenters. The fourth-order valence-corrected chi connectivity index (χ4v) is 3.04. The van der Waals surface area contributed by atoms with Crippen LogP contribution in [0.3, 0.4) is 0 Å². The normalized spacial score (nSPS) is 15.4. The summed E-state index contributed by atoms with van der Waals surface area (Å²) in [4.78, 5) is 0. The second-order valence-corrected chi connectivity index (χ2v) is 6.67. The molecule has 1 aliphatic heterocycles. The molecule has 2 nitrogen and oxygen atoms in total. The molecular formula is C19H22O2. The third kappa shape index (κ3) is 2.56. The Hall–Kier alpha value is -1.80. The lowest BCUT2D eigenvalue weighted by Gasteiger charge is -2.26. The zero-order valence-electron chi connectivity index (χ0n) is 12.9. The fourth-order valence-electron chi connectivity index (χ4n) is 3.04. The summed E-state index contributed by atoms with van der Waals surface area (Å²) in [7, 11) is 0. The van der Waals surface area contributed by atoms with Crippen LogP contribution in [0.15, 0.2) is 42.5 Å². The van der Waals surface area contributed by atoms with Crippen LogP contribution in [0, 0.1) is 0 Å². The van der Waals surface area contributed by atoms with Crippen LogP contribution in [0.1, 0.15) is 49.1 Å². The van der Waals surface area contributed by atoms with Crippen LogP contribution >= 0.6 is 0 Å². The van der Waals surface area contributed by atoms with Crippen LogP contribution in [0.5, 0.6) is 5.75 Å². The van der Waals surface area contributed by atoms with Gasteiger partial charge in [-0.05, 0) is 22.1 Å². The molecule has 21 heavy (non-hydrogen) atoms. The van der Waals surface area contributed by atoms with E-state index in [0.29, 0.717) is 6.61 Å². The zero-order valence-corrected chi connectivity index (χ0v) is 12.9. The van der Waals surface area contributed by atoms with Gasteiger partial charge in [-0.15, -0.1) is 0 Å². The molecule has 3 rings (SSSR count). The largest absolute Gasteiger partial charge is 0.493 e. The van der Waals surface area contributed by atoms with Crippen LogP contribution in [-0.2, 0) is 11.8 Å². The molecule has 2 aromatic rings. The van der Waals surface area contributed by atoms with Crippen molar-refractivity contribution in [3.63, 3.8) is 0 Å². The molecule has 0 radical (unpaired) electrons. The molecule has 1 atom stereocenters. The molecule has 0 saturated heterocycles. The Morgan fingerprint density at radius 2 is 1.71 bits per heavy atom. The van der Waals surface area contributed by atoms with Crippen LogP contribution in [-0.4, -0.2) is 11.7 Å². The number of para-hydroxylation sites is 1. The highest BCUT2D eigenvalue weighted by molar-refractivity contribution is 5.49. The summed E-state index contributed by atoms with van der Waals surface area (Å²) in [6, 6.07) is 14.2. The first-order valence-electron chi connectivity index (χ1n) is 7.50. The van der Waals surface area contributed by atoms with Crippen molar-refractivity contribution in [2.45, 2.75) is 38.7 Å². The van der Waals surface area contributed by atoms with E-state index in [1.54, 1.807) is 0 Å². The van der Waals surface area contributed by atoms with Crippen molar-refractivity contribution in [3.05, 3.63) is 64.7 Å². The number of fused-ring (bicyclic) bond motifs is 1. The molecule has 1 heterocycles. The van der Waals surface area contributed by atoms with Crippen molar-refractivity contribution >= 4 is 0 Å². The van der Waals surface area contributed by atoms with E-state index in [9.17, 15) is 5.11 Å². The Morgan fingerprint density at radius 3 is 2.48 bits per heavy atom. The third-order valence-corrected chi connectivity index (χ3v) is 4.10. The van der Waals surface area contributed by atoms with Gasteiger partial charge in [0.05, 0.1) is 6.61 Å². The predicted molar refractivity (Wildman–Crippen MR) is 84.8 cm³/mol. The average molecular weight is 282 g/mol. The van der Waals surface area contributed by atoms with E-state index < -0.39 is 6.10 Å². The topological polar surface area (TPSA) is 29.5 Å². The van der Waals surface area contributed by atoms with Gasteiger partial charge in [0, 0.05) is 12.0 Å². The van der Waals surface area contributed by atoms with Gasteiger partial charge in [-0.1, -0.05) is 63.2 Å². The summed E-state index contributed by atoms with van der Waals surface area (Å²) in [5.41, 5.74) is 4.21. The van der Waals surface area contributed by atoms with Crippen molar-refractivity contribution in [3.8, 4) is 5.75 Å². The Kier molecular flexibility index (Phi) is 3.50. The molecular weight excluding hydrogens is 260 g/mol. The SMILES string of the molecule is CC(C)(C)c1ccccc1C(O)c1cccc2c1OCC2. The monoisotopic (exact) mass is 282 g/mol. The van der Waals surface area contributed by atoms with Gasteiger partial charge in [-0.25, -0.2) is 0 Å². The van der Waals surface area contributed by atoms with Crippen LogP contribution < -0.4 is 4.74 Å². The number of hydrogen-bond donors (Lipinski definition) is 1. The molecule has 1 N–H and O–H groups in total. The predicted octanol–water partition coefficient (Wildman–Crippen LogP) is 4.00. The fraction of sp³-hybridized carbons (Fsp3) is 0.368. The van der Waals surface area contributed by atoms with Crippen molar-refractivity contribution in [1.82, 2.24) is 0 Å². The van der Waals surface area contributed by atoms with Crippen molar-refractivity contribution in [2.75, 3.05) is 6.61 Å². The van der Waals surface area contributed by atoms with Gasteiger partial charge >= 0.3 is 0 Å². The molecule has 0 spiro atoms. The number of aliphatic hydroxyl groups is 1. The Morgan fingerprint density at radius 1 is 1.00 bits per heavy atom. The van der Waals surface area contributed by atoms with Crippen LogP contribution in [0.4, 0.5) is 0 Å². The summed E-state index contributed by atoms with van der Waals surface area (Å²) < 4.78 is 5.74. The first-order chi connectivity index (χ1) is 9.98. The minimum atomic E-state index is -0.645. The quantitative estimate of drug-likeness (QED) is 0.902. The molecule has 0 fully saturated rings. The maximum atomic E-state index is 10.9. The van der Waals surface area contributed by atoms with E-state index in [2.05, 4.69) is 32.9 Å². The lowest BCUT2D eigenvalue weighted by Crippen LogP contribution is -2.16. The minimum absolute atomic E-state index is 0.00359. The van der Waals surface area contributed by atoms with Gasteiger partial charge in [0.15, 0.2) is 0 Å². The van der Waals surface area contributed by atoms with E-state index in [4.69, 9.17) is 4.74 Å². The summed E-state index contributed by atoms with van der Waals surface area (Å²) >= 11 is 0. The van der Waals surface area contributed by atoms with Crippen LogP contribution in [0.2, 0.25) is 0 Å². The summed E-state index contributed by atoms with van der Waals surface area (Å²) in [5.74, 6) is 0.869. The lowest BCUT2D eigenvalue weighted by molar-refractivity contribution is 0.211. The van der Waals surface area contributed by atoms with E-state index in [1.807, 2.05) is 30.3 Å². The highest BCUT2D eigenvalue weighted by atomic mass is 16.5. The third-order valence-electron chi connectivity index (χ3n) is 4.10. The number of ether oxygens (including phenoxy) is 1. The first kappa shape index (κ1) is 14.2. The molecule has 2 heteroatoms. The number of aliphatic hydroxyl groups excluding tert-OH is 1. The number of rotatable bonds is 2. The van der Waals surface area contributed by atoms with E-state index >= 15 is 0 Å². The van der Waals surface area contributed by atoms with Crippen molar-refractivity contribution < 1.29 is 9.84 Å². The van der Waals surface area contributed by atoms with Crippen LogP contribution in [0.25, 0.3) is 0 Å². The van der Waals surface area contributed by atoms with E-state index in [0.717, 1.165) is 23.3 Å². The Balaban J connectivity index is 2.08. The summed E-state index contributed by atoms with van der Waals surface area (Å²) in [6.45, 7) is 7.22. The molecule has 0 aliphatic carbocycles. The number of benzene rings is 2. The summed E-state index contributed by atoms with van der Waals surface area (Å²) in [6.07, 6.45) is 0.282. The maximum absolute atomic E-state index is 10.9. The molecule has 0 saturated carbocycles. The second-order valence-electron chi connectivity index (χ2n) is 6.67. The van der Waals surface area contributed by atoms with E-state index in [-0.39, 0.29) is 5.41 Å². The van der Waals surface area contributed by atoms with Gasteiger partial charge in [-0.3, -0.25) is 0 Å².